The van der Waals surface area contributed by atoms with Gasteiger partial charge in [0.25, 0.3) is 5.56 Å². The van der Waals surface area contributed by atoms with Gasteiger partial charge in [0.05, 0.1) is 18.1 Å². The fourth-order valence-corrected chi connectivity index (χ4v) is 3.37. The first-order valence-corrected chi connectivity index (χ1v) is 8.54. The third kappa shape index (κ3) is 3.24. The van der Waals surface area contributed by atoms with E-state index in [0.717, 1.165) is 5.39 Å². The van der Waals surface area contributed by atoms with Crippen LogP contribution in [0.25, 0.3) is 11.0 Å². The zero-order valence-electron chi connectivity index (χ0n) is 14.8. The monoisotopic (exact) mass is 346 g/mol. The summed E-state index contributed by atoms with van der Waals surface area (Å²) in [4.78, 5) is 17.3. The van der Waals surface area contributed by atoms with Crippen LogP contribution in [0.4, 0.5) is 0 Å². The molecule has 1 atom stereocenters. The Morgan fingerprint density at radius 2 is 2.20 bits per heavy atom. The number of aryl methyl sites for hydroxylation is 1. The van der Waals surface area contributed by atoms with Crippen molar-refractivity contribution in [1.82, 2.24) is 9.55 Å². The molecular formula is C17H23BN2O5. The van der Waals surface area contributed by atoms with Crippen LogP contribution in [0, 0.1) is 0 Å². The maximum absolute atomic E-state index is 12.9. The van der Waals surface area contributed by atoms with Crippen LogP contribution in [0.2, 0.25) is 6.32 Å². The molecular weight excluding hydrogens is 323 g/mol. The van der Waals surface area contributed by atoms with E-state index in [2.05, 4.69) is 4.98 Å². The van der Waals surface area contributed by atoms with Gasteiger partial charge in [0.15, 0.2) is 5.65 Å². The first-order valence-electron chi connectivity index (χ1n) is 8.54. The lowest BCUT2D eigenvalue weighted by Gasteiger charge is -2.36. The maximum atomic E-state index is 12.9. The molecule has 134 valence electrons. The molecule has 0 fully saturated rings. The topological polar surface area (TPSA) is 93.8 Å². The van der Waals surface area contributed by atoms with Gasteiger partial charge in [-0.25, -0.2) is 0 Å². The summed E-state index contributed by atoms with van der Waals surface area (Å²) in [5.41, 5.74) is 0.560. The van der Waals surface area contributed by atoms with Crippen molar-refractivity contribution in [1.29, 1.82) is 0 Å². The molecule has 1 aliphatic rings. The minimum atomic E-state index is -1.36. The summed E-state index contributed by atoms with van der Waals surface area (Å²) in [6.07, 6.45) is 1.96. The Morgan fingerprint density at radius 1 is 1.44 bits per heavy atom. The Bertz CT molecular complexity index is 851. The van der Waals surface area contributed by atoms with Gasteiger partial charge in [0, 0.05) is 12.6 Å². The van der Waals surface area contributed by atoms with E-state index in [4.69, 9.17) is 19.5 Å². The number of aromatic nitrogens is 2. The van der Waals surface area contributed by atoms with Crippen LogP contribution in [0.1, 0.15) is 32.3 Å². The normalized spacial score (nSPS) is 19.4. The number of ether oxygens (including phenoxy) is 2. The molecule has 2 aromatic rings. The third-order valence-electron chi connectivity index (χ3n) is 4.84. The molecule has 0 saturated carbocycles. The zero-order chi connectivity index (χ0) is 18.2. The Morgan fingerprint density at radius 3 is 2.84 bits per heavy atom. The highest BCUT2D eigenvalue weighted by Crippen LogP contribution is 2.39. The average molecular weight is 346 g/mol. The molecule has 0 amide bonds. The summed E-state index contributed by atoms with van der Waals surface area (Å²) in [6.45, 7) is 4.36. The second-order valence-electron chi connectivity index (χ2n) is 6.65. The number of pyridine rings is 2. The van der Waals surface area contributed by atoms with Gasteiger partial charge in [-0.05, 0) is 45.5 Å². The summed E-state index contributed by atoms with van der Waals surface area (Å²) >= 11 is 0. The number of rotatable bonds is 5. The predicted molar refractivity (Wildman–Crippen MR) is 95.2 cm³/mol. The Kier molecular flexibility index (Phi) is 4.75. The predicted octanol–water partition coefficient (Wildman–Crippen LogP) is 1.37. The summed E-state index contributed by atoms with van der Waals surface area (Å²) in [5, 5.41) is 19.1. The molecule has 25 heavy (non-hydrogen) atoms. The van der Waals surface area contributed by atoms with Gasteiger partial charge < -0.3 is 19.5 Å². The summed E-state index contributed by atoms with van der Waals surface area (Å²) in [5.74, 6) is 0.997. The van der Waals surface area contributed by atoms with Crippen LogP contribution in [0.15, 0.2) is 16.9 Å². The van der Waals surface area contributed by atoms with Gasteiger partial charge >= 0.3 is 7.12 Å². The van der Waals surface area contributed by atoms with E-state index >= 15 is 0 Å². The van der Waals surface area contributed by atoms with Crippen molar-refractivity contribution in [2.75, 3.05) is 7.11 Å². The molecule has 2 aromatic heterocycles. The van der Waals surface area contributed by atoms with E-state index in [1.165, 1.54) is 7.11 Å². The first kappa shape index (κ1) is 17.8. The number of fused-ring (bicyclic) bond motifs is 3. The summed E-state index contributed by atoms with van der Waals surface area (Å²) in [7, 11) is 0.173. The Labute approximate surface area is 146 Å². The van der Waals surface area contributed by atoms with Crippen LogP contribution in [0.5, 0.6) is 11.6 Å². The van der Waals surface area contributed by atoms with Crippen molar-refractivity contribution in [2.45, 2.75) is 51.6 Å². The van der Waals surface area contributed by atoms with E-state index < -0.39 is 12.7 Å². The van der Waals surface area contributed by atoms with Gasteiger partial charge in [-0.3, -0.25) is 9.36 Å². The Balaban J connectivity index is 2.14. The van der Waals surface area contributed by atoms with Crippen molar-refractivity contribution in [3.8, 4) is 11.6 Å². The molecule has 0 spiro atoms. The zero-order valence-corrected chi connectivity index (χ0v) is 14.8. The van der Waals surface area contributed by atoms with E-state index in [1.807, 2.05) is 19.9 Å². The Hall–Kier alpha value is -2.06. The lowest BCUT2D eigenvalue weighted by molar-refractivity contribution is 0.0607. The quantitative estimate of drug-likeness (QED) is 0.795. The molecule has 0 bridgehead atoms. The van der Waals surface area contributed by atoms with Crippen LogP contribution in [-0.4, -0.2) is 39.4 Å². The van der Waals surface area contributed by atoms with Gasteiger partial charge in [-0.1, -0.05) is 0 Å². The van der Waals surface area contributed by atoms with Crippen molar-refractivity contribution < 1.29 is 19.5 Å². The molecule has 0 aromatic carbocycles. The van der Waals surface area contributed by atoms with Crippen molar-refractivity contribution >= 4 is 18.2 Å². The number of hydrogen-bond acceptors (Lipinski definition) is 6. The van der Waals surface area contributed by atoms with Crippen molar-refractivity contribution in [2.24, 2.45) is 0 Å². The molecule has 2 N–H and O–H groups in total. The van der Waals surface area contributed by atoms with Crippen LogP contribution < -0.4 is 15.0 Å². The molecule has 1 unspecified atom stereocenters. The molecule has 8 heteroatoms. The molecule has 7 nitrogen and oxygen atoms in total. The molecule has 3 rings (SSSR count). The third-order valence-corrected chi connectivity index (χ3v) is 4.84. The molecule has 0 radical (unpaired) electrons. The molecule has 0 saturated heterocycles. The van der Waals surface area contributed by atoms with E-state index in [0.29, 0.717) is 48.6 Å². The fourth-order valence-electron chi connectivity index (χ4n) is 3.37. The second-order valence-corrected chi connectivity index (χ2v) is 6.65. The van der Waals surface area contributed by atoms with Crippen molar-refractivity contribution in [3.63, 3.8) is 0 Å². The molecule has 0 aliphatic carbocycles. The number of hydrogen-bond donors (Lipinski definition) is 2. The maximum Gasteiger partial charge on any atom is 0.451 e. The lowest BCUT2D eigenvalue weighted by Crippen LogP contribution is -2.40. The fraction of sp³-hybridized carbons (Fsp3) is 0.529. The summed E-state index contributed by atoms with van der Waals surface area (Å²) in [6, 6.07) is 3.61. The van der Waals surface area contributed by atoms with Gasteiger partial charge in [0.1, 0.15) is 11.4 Å². The van der Waals surface area contributed by atoms with Gasteiger partial charge in [0.2, 0.25) is 5.88 Å². The largest absolute Gasteiger partial charge is 0.486 e. The van der Waals surface area contributed by atoms with Crippen LogP contribution in [-0.2, 0) is 13.0 Å². The van der Waals surface area contributed by atoms with Crippen LogP contribution >= 0.6 is 0 Å². The van der Waals surface area contributed by atoms with E-state index in [-0.39, 0.29) is 11.9 Å². The molecule has 3 heterocycles. The first-order chi connectivity index (χ1) is 11.9. The van der Waals surface area contributed by atoms with Crippen molar-refractivity contribution in [3.05, 3.63) is 28.0 Å². The highest BCUT2D eigenvalue weighted by molar-refractivity contribution is 6.40. The highest BCUT2D eigenvalue weighted by Gasteiger charge is 2.35. The van der Waals surface area contributed by atoms with E-state index in [9.17, 15) is 4.79 Å². The average Bonchev–Trinajstić information content (AvgIpc) is 2.60. The smallest absolute Gasteiger partial charge is 0.451 e. The standard InChI is InChI=1S/C17H23BN2O5/c1-4-20-15-11(5-6-13(19-15)24-3)14-12(16(20)21)7-8-17(2,25-14)9-10-18(22)23/h5-6,22-23H,4,7-10H2,1-3H3. The summed E-state index contributed by atoms with van der Waals surface area (Å²) < 4.78 is 13.0. The number of nitrogens with zero attached hydrogens (tertiary/aromatic N) is 2. The highest BCUT2D eigenvalue weighted by atomic mass is 16.5. The second kappa shape index (κ2) is 6.69. The number of methoxy groups -OCH3 is 1. The van der Waals surface area contributed by atoms with E-state index in [1.54, 1.807) is 10.6 Å². The van der Waals surface area contributed by atoms with Gasteiger partial charge in [-0.2, -0.15) is 4.98 Å². The minimum absolute atomic E-state index is 0.0880. The van der Waals surface area contributed by atoms with Gasteiger partial charge in [-0.15, -0.1) is 0 Å². The molecule has 1 aliphatic heterocycles. The van der Waals surface area contributed by atoms with Crippen LogP contribution in [0.3, 0.4) is 0 Å². The lowest BCUT2D eigenvalue weighted by atomic mass is 9.77. The SMILES string of the molecule is CCn1c(=O)c2c(c3ccc(OC)nc31)OC(C)(CCB(O)O)CC2. The minimum Gasteiger partial charge on any atom is -0.486 e.